The van der Waals surface area contributed by atoms with Crippen molar-refractivity contribution < 1.29 is 0 Å². The standard InChI is InChI=1S/C19H30N6O2/c1-6-7-8-9-10-11-12-24-18-20-16-15(25(18)14(3)13(2)21-24)17(26)23(5)19(27)22(16)4/h14H,6-12H2,1-5H3/t14-/m1/s1. The summed E-state index contributed by atoms with van der Waals surface area (Å²) < 4.78 is 4.51. The van der Waals surface area contributed by atoms with E-state index in [-0.39, 0.29) is 17.3 Å². The molecule has 1 aliphatic heterocycles. The summed E-state index contributed by atoms with van der Waals surface area (Å²) >= 11 is 0. The molecule has 2 aromatic rings. The van der Waals surface area contributed by atoms with Crippen LogP contribution < -0.4 is 16.3 Å². The van der Waals surface area contributed by atoms with Crippen LogP contribution in [-0.4, -0.2) is 30.9 Å². The van der Waals surface area contributed by atoms with E-state index in [0.29, 0.717) is 17.1 Å². The number of hydrogen-bond acceptors (Lipinski definition) is 5. The monoisotopic (exact) mass is 374 g/mol. The smallest absolute Gasteiger partial charge is 0.294 e. The largest absolute Gasteiger partial charge is 0.332 e. The van der Waals surface area contributed by atoms with Crippen molar-refractivity contribution in [3.05, 3.63) is 20.8 Å². The summed E-state index contributed by atoms with van der Waals surface area (Å²) in [7, 11) is 3.16. The van der Waals surface area contributed by atoms with Crippen molar-refractivity contribution in [1.82, 2.24) is 18.7 Å². The van der Waals surface area contributed by atoms with E-state index in [9.17, 15) is 9.59 Å². The van der Waals surface area contributed by atoms with Gasteiger partial charge in [-0.25, -0.2) is 9.80 Å². The third kappa shape index (κ3) is 3.33. The van der Waals surface area contributed by atoms with Crippen molar-refractivity contribution in [2.24, 2.45) is 19.2 Å². The molecule has 1 aliphatic rings. The third-order valence-electron chi connectivity index (χ3n) is 5.50. The molecule has 148 valence electrons. The minimum atomic E-state index is -0.365. The Hall–Kier alpha value is -2.38. The predicted molar refractivity (Wildman–Crippen MR) is 109 cm³/mol. The van der Waals surface area contributed by atoms with Gasteiger partial charge >= 0.3 is 5.69 Å². The van der Waals surface area contributed by atoms with E-state index in [1.54, 1.807) is 7.05 Å². The zero-order valence-electron chi connectivity index (χ0n) is 17.0. The van der Waals surface area contributed by atoms with Crippen molar-refractivity contribution in [2.45, 2.75) is 65.3 Å². The molecule has 0 aliphatic carbocycles. The van der Waals surface area contributed by atoms with Crippen LogP contribution in [0.4, 0.5) is 5.95 Å². The maximum absolute atomic E-state index is 12.8. The lowest BCUT2D eigenvalue weighted by atomic mass is 10.1. The van der Waals surface area contributed by atoms with Gasteiger partial charge in [-0.15, -0.1) is 0 Å². The van der Waals surface area contributed by atoms with Crippen LogP contribution in [0, 0.1) is 0 Å². The average Bonchev–Trinajstić information content (AvgIpc) is 3.06. The third-order valence-corrected chi connectivity index (χ3v) is 5.50. The van der Waals surface area contributed by atoms with Crippen LogP contribution in [-0.2, 0) is 14.1 Å². The van der Waals surface area contributed by atoms with Crippen LogP contribution in [0.2, 0.25) is 0 Å². The Bertz CT molecular complexity index is 981. The van der Waals surface area contributed by atoms with Gasteiger partial charge < -0.3 is 0 Å². The molecule has 0 amide bonds. The second-order valence-electron chi connectivity index (χ2n) is 7.47. The molecule has 0 saturated heterocycles. The van der Waals surface area contributed by atoms with Gasteiger partial charge in [-0.1, -0.05) is 39.0 Å². The molecule has 0 radical (unpaired) electrons. The number of hydrazone groups is 1. The first-order valence-corrected chi connectivity index (χ1v) is 9.89. The molecule has 8 nitrogen and oxygen atoms in total. The highest BCUT2D eigenvalue weighted by Crippen LogP contribution is 2.29. The normalized spacial score (nSPS) is 16.7. The first kappa shape index (κ1) is 19.4. The zero-order chi connectivity index (χ0) is 19.7. The lowest BCUT2D eigenvalue weighted by Crippen LogP contribution is -2.38. The maximum Gasteiger partial charge on any atom is 0.332 e. The summed E-state index contributed by atoms with van der Waals surface area (Å²) in [6.07, 6.45) is 7.20. The van der Waals surface area contributed by atoms with Gasteiger partial charge in [0, 0.05) is 20.6 Å². The van der Waals surface area contributed by atoms with E-state index in [4.69, 9.17) is 5.10 Å². The number of unbranched alkanes of at least 4 members (excludes halogenated alkanes) is 5. The van der Waals surface area contributed by atoms with E-state index in [1.165, 1.54) is 37.3 Å². The van der Waals surface area contributed by atoms with Gasteiger partial charge in [0.2, 0.25) is 5.95 Å². The molecule has 2 aromatic heterocycles. The quantitative estimate of drug-likeness (QED) is 0.698. The highest BCUT2D eigenvalue weighted by atomic mass is 16.2. The first-order chi connectivity index (χ1) is 12.9. The van der Waals surface area contributed by atoms with E-state index in [1.807, 2.05) is 23.4 Å². The summed E-state index contributed by atoms with van der Waals surface area (Å²) in [5, 5.41) is 6.60. The maximum atomic E-state index is 12.8. The van der Waals surface area contributed by atoms with E-state index < -0.39 is 0 Å². The molecule has 0 bridgehead atoms. The summed E-state index contributed by atoms with van der Waals surface area (Å²) in [4.78, 5) is 29.7. The number of rotatable bonds is 7. The fourth-order valence-corrected chi connectivity index (χ4v) is 3.65. The fraction of sp³-hybridized carbons (Fsp3) is 0.684. The molecule has 1 atom stereocenters. The molecule has 0 spiro atoms. The van der Waals surface area contributed by atoms with Crippen LogP contribution in [0.5, 0.6) is 0 Å². The van der Waals surface area contributed by atoms with E-state index in [2.05, 4.69) is 11.9 Å². The number of aromatic nitrogens is 4. The molecule has 0 fully saturated rings. The van der Waals surface area contributed by atoms with Gasteiger partial charge in [0.15, 0.2) is 11.2 Å². The number of aryl methyl sites for hydroxylation is 1. The first-order valence-electron chi connectivity index (χ1n) is 9.89. The minimum Gasteiger partial charge on any atom is -0.294 e. The Balaban J connectivity index is 1.97. The van der Waals surface area contributed by atoms with Crippen molar-refractivity contribution in [2.75, 3.05) is 11.6 Å². The summed E-state index contributed by atoms with van der Waals surface area (Å²) in [6.45, 7) is 6.96. The van der Waals surface area contributed by atoms with Crippen molar-refractivity contribution >= 4 is 22.8 Å². The second kappa shape index (κ2) is 7.70. The number of anilines is 1. The van der Waals surface area contributed by atoms with Gasteiger partial charge in [-0.2, -0.15) is 10.1 Å². The van der Waals surface area contributed by atoms with Crippen LogP contribution >= 0.6 is 0 Å². The molecule has 3 heterocycles. The van der Waals surface area contributed by atoms with Crippen LogP contribution in [0.15, 0.2) is 14.7 Å². The highest BCUT2D eigenvalue weighted by Gasteiger charge is 2.29. The van der Waals surface area contributed by atoms with Crippen LogP contribution in [0.1, 0.15) is 65.3 Å². The Kier molecular flexibility index (Phi) is 5.53. The summed E-state index contributed by atoms with van der Waals surface area (Å²) in [6, 6.07) is -0.0731. The van der Waals surface area contributed by atoms with E-state index in [0.717, 1.165) is 29.7 Å². The van der Waals surface area contributed by atoms with Gasteiger partial charge in [0.1, 0.15) is 0 Å². The van der Waals surface area contributed by atoms with Crippen molar-refractivity contribution in [1.29, 1.82) is 0 Å². The van der Waals surface area contributed by atoms with Gasteiger partial charge in [-0.05, 0) is 20.3 Å². The number of nitrogens with zero attached hydrogens (tertiary/aromatic N) is 6. The molecule has 0 saturated carbocycles. The molecule has 27 heavy (non-hydrogen) atoms. The second-order valence-corrected chi connectivity index (χ2v) is 7.47. The number of imidazole rings is 1. The SMILES string of the molecule is CCCCCCCCN1N=C(C)[C@@H](C)n2c1nc1c2c(=O)n(C)c(=O)n1C. The topological polar surface area (TPSA) is 77.4 Å². The number of hydrogen-bond donors (Lipinski definition) is 0. The van der Waals surface area contributed by atoms with Gasteiger partial charge in [-0.3, -0.25) is 18.5 Å². The molecule has 0 aromatic carbocycles. The fourth-order valence-electron chi connectivity index (χ4n) is 3.65. The molecule has 0 unspecified atom stereocenters. The average molecular weight is 374 g/mol. The van der Waals surface area contributed by atoms with Crippen molar-refractivity contribution in [3.63, 3.8) is 0 Å². The Morgan fingerprint density at radius 3 is 2.37 bits per heavy atom. The summed E-state index contributed by atoms with van der Waals surface area (Å²) in [5.41, 5.74) is 1.14. The Morgan fingerprint density at radius 2 is 1.67 bits per heavy atom. The Labute approximate surface area is 159 Å². The van der Waals surface area contributed by atoms with Gasteiger partial charge in [0.25, 0.3) is 5.56 Å². The molecule has 3 rings (SSSR count). The predicted octanol–water partition coefficient (Wildman–Crippen LogP) is 2.55. The zero-order valence-corrected chi connectivity index (χ0v) is 17.0. The molecule has 0 N–H and O–H groups in total. The van der Waals surface area contributed by atoms with Crippen molar-refractivity contribution in [3.8, 4) is 0 Å². The van der Waals surface area contributed by atoms with Crippen LogP contribution in [0.3, 0.4) is 0 Å². The molecular weight excluding hydrogens is 344 g/mol. The molecular formula is C19H30N6O2. The number of fused-ring (bicyclic) bond motifs is 3. The highest BCUT2D eigenvalue weighted by molar-refractivity contribution is 5.90. The van der Waals surface area contributed by atoms with E-state index >= 15 is 0 Å². The van der Waals surface area contributed by atoms with Crippen LogP contribution in [0.25, 0.3) is 11.2 Å². The van der Waals surface area contributed by atoms with Gasteiger partial charge in [0.05, 0.1) is 11.8 Å². The summed E-state index contributed by atoms with van der Waals surface area (Å²) in [5.74, 6) is 0.648. The Morgan fingerprint density at radius 1 is 1.00 bits per heavy atom. The lowest BCUT2D eigenvalue weighted by molar-refractivity contribution is 0.580. The minimum absolute atomic E-state index is 0.0731. The lowest BCUT2D eigenvalue weighted by Gasteiger charge is -2.29. The molecule has 8 heteroatoms.